The van der Waals surface area contributed by atoms with Crippen LogP contribution in [0.4, 0.5) is 0 Å². The van der Waals surface area contributed by atoms with E-state index in [1.807, 2.05) is 6.92 Å². The first-order chi connectivity index (χ1) is 9.49. The van der Waals surface area contributed by atoms with E-state index in [0.717, 1.165) is 5.69 Å². The van der Waals surface area contributed by atoms with Crippen molar-refractivity contribution >= 4 is 23.2 Å². The lowest BCUT2D eigenvalue weighted by molar-refractivity contribution is 0.0690. The number of carbonyl (C=O) groups is 2. The van der Waals surface area contributed by atoms with Crippen molar-refractivity contribution < 1.29 is 14.7 Å². The summed E-state index contributed by atoms with van der Waals surface area (Å²) in [5.41, 5.74) is 1.38. The summed E-state index contributed by atoms with van der Waals surface area (Å²) >= 11 is 1.27. The van der Waals surface area contributed by atoms with Gasteiger partial charge in [-0.2, -0.15) is 5.10 Å². The van der Waals surface area contributed by atoms with Crippen molar-refractivity contribution in [2.45, 2.75) is 13.3 Å². The number of aromatic carboxylic acids is 1. The maximum atomic E-state index is 11.9. The van der Waals surface area contributed by atoms with E-state index in [2.05, 4.69) is 15.4 Å². The zero-order valence-electron chi connectivity index (χ0n) is 11.1. The summed E-state index contributed by atoms with van der Waals surface area (Å²) in [6.07, 6.45) is 2.03. The number of amides is 1. The fourth-order valence-corrected chi connectivity index (χ4v) is 2.40. The van der Waals surface area contributed by atoms with Crippen molar-refractivity contribution in [3.05, 3.63) is 33.5 Å². The van der Waals surface area contributed by atoms with Gasteiger partial charge in [0.15, 0.2) is 5.69 Å². The normalized spacial score (nSPS) is 10.5. The Morgan fingerprint density at radius 3 is 2.80 bits per heavy atom. The standard InChI is InChI=1S/C12H14N4O3S/c1-7-8(5-14-16(7)2)11(17)13-4-3-10-15-9(6-20-10)12(18)19/h5-6H,3-4H2,1-2H3,(H,13,17)(H,18,19). The van der Waals surface area contributed by atoms with Crippen molar-refractivity contribution in [3.63, 3.8) is 0 Å². The molecule has 0 bridgehead atoms. The highest BCUT2D eigenvalue weighted by atomic mass is 32.1. The maximum Gasteiger partial charge on any atom is 0.355 e. The molecule has 106 valence electrons. The lowest BCUT2D eigenvalue weighted by atomic mass is 10.2. The number of nitrogens with zero attached hydrogens (tertiary/aromatic N) is 3. The summed E-state index contributed by atoms with van der Waals surface area (Å²) in [6, 6.07) is 0. The molecule has 2 rings (SSSR count). The molecule has 8 heteroatoms. The van der Waals surface area contributed by atoms with Crippen molar-refractivity contribution in [2.24, 2.45) is 7.05 Å². The lowest BCUT2D eigenvalue weighted by Crippen LogP contribution is -2.26. The van der Waals surface area contributed by atoms with E-state index in [0.29, 0.717) is 23.5 Å². The SMILES string of the molecule is Cc1c(C(=O)NCCc2nc(C(=O)O)cs2)cnn1C. The molecule has 0 aromatic carbocycles. The zero-order chi connectivity index (χ0) is 14.7. The summed E-state index contributed by atoms with van der Waals surface area (Å²) in [7, 11) is 1.77. The Morgan fingerprint density at radius 1 is 1.50 bits per heavy atom. The van der Waals surface area contributed by atoms with Gasteiger partial charge >= 0.3 is 5.97 Å². The van der Waals surface area contributed by atoms with Gasteiger partial charge < -0.3 is 10.4 Å². The Bertz CT molecular complexity index is 647. The Labute approximate surface area is 119 Å². The highest BCUT2D eigenvalue weighted by Crippen LogP contribution is 2.10. The zero-order valence-corrected chi connectivity index (χ0v) is 11.9. The first kappa shape index (κ1) is 14.2. The van der Waals surface area contributed by atoms with Gasteiger partial charge in [0.05, 0.1) is 16.8 Å². The van der Waals surface area contributed by atoms with E-state index in [9.17, 15) is 9.59 Å². The molecule has 2 aromatic rings. The van der Waals surface area contributed by atoms with E-state index >= 15 is 0 Å². The van der Waals surface area contributed by atoms with E-state index < -0.39 is 5.97 Å². The molecule has 0 fully saturated rings. The molecule has 2 N–H and O–H groups in total. The van der Waals surface area contributed by atoms with Gasteiger partial charge in [0, 0.05) is 31.1 Å². The highest BCUT2D eigenvalue weighted by Gasteiger charge is 2.13. The second-order valence-corrected chi connectivity index (χ2v) is 5.15. The lowest BCUT2D eigenvalue weighted by Gasteiger charge is -2.03. The monoisotopic (exact) mass is 294 g/mol. The second-order valence-electron chi connectivity index (χ2n) is 4.20. The molecular weight excluding hydrogens is 280 g/mol. The number of hydrogen-bond donors (Lipinski definition) is 2. The molecule has 0 radical (unpaired) electrons. The van der Waals surface area contributed by atoms with Crippen LogP contribution >= 0.6 is 11.3 Å². The van der Waals surface area contributed by atoms with Crippen LogP contribution in [0, 0.1) is 6.92 Å². The third-order valence-electron chi connectivity index (χ3n) is 2.88. The quantitative estimate of drug-likeness (QED) is 0.852. The van der Waals surface area contributed by atoms with Crippen molar-refractivity contribution in [2.75, 3.05) is 6.54 Å². The van der Waals surface area contributed by atoms with Crippen LogP contribution in [0.5, 0.6) is 0 Å². The summed E-state index contributed by atoms with van der Waals surface area (Å²) in [4.78, 5) is 26.5. The summed E-state index contributed by atoms with van der Waals surface area (Å²) < 4.78 is 1.63. The third-order valence-corrected chi connectivity index (χ3v) is 3.78. The number of aryl methyl sites for hydroxylation is 1. The molecule has 0 saturated heterocycles. The first-order valence-electron chi connectivity index (χ1n) is 5.93. The minimum Gasteiger partial charge on any atom is -0.476 e. The molecule has 0 unspecified atom stereocenters. The Hall–Kier alpha value is -2.22. The first-order valence-corrected chi connectivity index (χ1v) is 6.81. The molecule has 2 heterocycles. The van der Waals surface area contributed by atoms with Gasteiger partial charge in [-0.25, -0.2) is 9.78 Å². The van der Waals surface area contributed by atoms with Crippen molar-refractivity contribution in [1.82, 2.24) is 20.1 Å². The number of rotatable bonds is 5. The molecule has 0 aliphatic carbocycles. The van der Waals surface area contributed by atoms with Gasteiger partial charge in [-0.1, -0.05) is 0 Å². The number of nitrogens with one attached hydrogen (secondary N) is 1. The predicted octanol–water partition coefficient (Wildman–Crippen LogP) is 0.856. The molecule has 0 aliphatic heterocycles. The average molecular weight is 294 g/mol. The minimum atomic E-state index is -1.04. The molecule has 0 atom stereocenters. The van der Waals surface area contributed by atoms with Crippen LogP contribution in [0.15, 0.2) is 11.6 Å². The van der Waals surface area contributed by atoms with Gasteiger partial charge in [-0.05, 0) is 6.92 Å². The smallest absolute Gasteiger partial charge is 0.355 e. The molecule has 1 amide bonds. The van der Waals surface area contributed by atoms with Crippen LogP contribution in [0.2, 0.25) is 0 Å². The third kappa shape index (κ3) is 3.02. The molecule has 0 aliphatic rings. The van der Waals surface area contributed by atoms with Crippen LogP contribution in [0.25, 0.3) is 0 Å². The number of aromatic nitrogens is 3. The average Bonchev–Trinajstić information content (AvgIpc) is 2.98. The number of thiazole rings is 1. The van der Waals surface area contributed by atoms with E-state index in [1.54, 1.807) is 11.7 Å². The number of hydrogen-bond acceptors (Lipinski definition) is 5. The fraction of sp³-hybridized carbons (Fsp3) is 0.333. The van der Waals surface area contributed by atoms with Gasteiger partial charge in [-0.15, -0.1) is 11.3 Å². The Morgan fingerprint density at radius 2 is 2.25 bits per heavy atom. The highest BCUT2D eigenvalue weighted by molar-refractivity contribution is 7.09. The fourth-order valence-electron chi connectivity index (χ4n) is 1.62. The van der Waals surface area contributed by atoms with Crippen LogP contribution in [0.1, 0.15) is 31.5 Å². The minimum absolute atomic E-state index is 0.0411. The molecule has 20 heavy (non-hydrogen) atoms. The summed E-state index contributed by atoms with van der Waals surface area (Å²) in [6.45, 7) is 2.22. The predicted molar refractivity (Wildman–Crippen MR) is 73.1 cm³/mol. The topological polar surface area (TPSA) is 97.1 Å². The molecule has 2 aromatic heterocycles. The second kappa shape index (κ2) is 5.83. The molecule has 0 saturated carbocycles. The Kier molecular flexibility index (Phi) is 4.14. The Balaban J connectivity index is 1.88. The van der Waals surface area contributed by atoms with Crippen LogP contribution in [0.3, 0.4) is 0 Å². The van der Waals surface area contributed by atoms with E-state index in [1.165, 1.54) is 22.9 Å². The maximum absolute atomic E-state index is 11.9. The molecule has 0 spiro atoms. The van der Waals surface area contributed by atoms with Gasteiger partial charge in [0.2, 0.25) is 0 Å². The number of carboxylic acid groups (broad SMARTS) is 1. The van der Waals surface area contributed by atoms with Gasteiger partial charge in [0.1, 0.15) is 0 Å². The summed E-state index contributed by atoms with van der Waals surface area (Å²) in [5, 5.41) is 17.7. The largest absolute Gasteiger partial charge is 0.476 e. The van der Waals surface area contributed by atoms with E-state index in [4.69, 9.17) is 5.11 Å². The number of carboxylic acids is 1. The van der Waals surface area contributed by atoms with E-state index in [-0.39, 0.29) is 11.6 Å². The van der Waals surface area contributed by atoms with Crippen LogP contribution in [-0.2, 0) is 13.5 Å². The van der Waals surface area contributed by atoms with Crippen LogP contribution < -0.4 is 5.32 Å². The number of carbonyl (C=O) groups excluding carboxylic acids is 1. The van der Waals surface area contributed by atoms with Gasteiger partial charge in [0.25, 0.3) is 5.91 Å². The van der Waals surface area contributed by atoms with Gasteiger partial charge in [-0.3, -0.25) is 9.48 Å². The van der Waals surface area contributed by atoms with Crippen molar-refractivity contribution in [1.29, 1.82) is 0 Å². The van der Waals surface area contributed by atoms with Crippen LogP contribution in [-0.4, -0.2) is 38.3 Å². The molecular formula is C12H14N4O3S. The molecule has 7 nitrogen and oxygen atoms in total. The van der Waals surface area contributed by atoms with Crippen molar-refractivity contribution in [3.8, 4) is 0 Å². The summed E-state index contributed by atoms with van der Waals surface area (Å²) in [5.74, 6) is -1.23.